The first kappa shape index (κ1) is 12.7. The fourth-order valence-corrected chi connectivity index (χ4v) is 3.78. The molecule has 1 aliphatic heterocycles. The fraction of sp³-hybridized carbons (Fsp3) is 0.667. The van der Waals surface area contributed by atoms with Crippen LogP contribution in [0.3, 0.4) is 0 Å². The summed E-state index contributed by atoms with van der Waals surface area (Å²) in [7, 11) is 0. The molecule has 0 unspecified atom stereocenters. The molecule has 0 atom stereocenters. The van der Waals surface area contributed by atoms with Crippen molar-refractivity contribution in [2.24, 2.45) is 0 Å². The van der Waals surface area contributed by atoms with E-state index in [2.05, 4.69) is 22.1 Å². The molecule has 1 fully saturated rings. The Labute approximate surface area is 108 Å². The Morgan fingerprint density at radius 1 is 1.47 bits per heavy atom. The van der Waals surface area contributed by atoms with Crippen LogP contribution in [0.25, 0.3) is 0 Å². The Morgan fingerprint density at radius 2 is 2.24 bits per heavy atom. The monoisotopic (exact) mass is 301 g/mol. The summed E-state index contributed by atoms with van der Waals surface area (Å²) in [5.74, 6) is 0.0719. The third-order valence-electron chi connectivity index (χ3n) is 2.88. The van der Waals surface area contributed by atoms with E-state index in [9.17, 15) is 4.79 Å². The normalized spacial score (nSPS) is 15.9. The number of nitrogens with one attached hydrogen (secondary N) is 1. The Bertz CT molecular complexity index is 372. The summed E-state index contributed by atoms with van der Waals surface area (Å²) < 4.78 is 2.00. The van der Waals surface area contributed by atoms with Crippen LogP contribution in [0, 0.1) is 0 Å². The van der Waals surface area contributed by atoms with Crippen molar-refractivity contribution in [3.05, 3.63) is 10.6 Å². The van der Waals surface area contributed by atoms with E-state index in [-0.39, 0.29) is 20.4 Å². The van der Waals surface area contributed by atoms with E-state index < -0.39 is 0 Å². The molecular formula is C12H19N3OSe. The SMILES string of the molecule is CCCNC(=O)c1cnc(N2CCCCC2)[se]1. The number of carbonyl (C=O) groups is 1. The van der Waals surface area contributed by atoms with Crippen molar-refractivity contribution in [1.82, 2.24) is 10.3 Å². The summed E-state index contributed by atoms with van der Waals surface area (Å²) in [4.78, 5) is 18.5. The van der Waals surface area contributed by atoms with Gasteiger partial charge < -0.3 is 0 Å². The van der Waals surface area contributed by atoms with Gasteiger partial charge in [0.05, 0.1) is 0 Å². The molecule has 0 spiro atoms. The second kappa shape index (κ2) is 6.22. The second-order valence-corrected chi connectivity index (χ2v) is 6.43. The van der Waals surface area contributed by atoms with E-state index in [0.29, 0.717) is 0 Å². The number of piperidine rings is 1. The number of rotatable bonds is 4. The zero-order valence-corrected chi connectivity index (χ0v) is 12.0. The Balaban J connectivity index is 1.97. The van der Waals surface area contributed by atoms with Gasteiger partial charge in [-0.3, -0.25) is 0 Å². The summed E-state index contributed by atoms with van der Waals surface area (Å²) in [6.07, 6.45) is 6.58. The summed E-state index contributed by atoms with van der Waals surface area (Å²) in [5.41, 5.74) is 0. The van der Waals surface area contributed by atoms with Gasteiger partial charge in [0, 0.05) is 0 Å². The van der Waals surface area contributed by atoms with Crippen molar-refractivity contribution in [2.75, 3.05) is 24.5 Å². The third-order valence-corrected chi connectivity index (χ3v) is 5.10. The number of hydrogen-bond donors (Lipinski definition) is 1. The maximum absolute atomic E-state index is 11.8. The molecule has 1 aromatic heterocycles. The molecule has 0 aromatic carbocycles. The number of amides is 1. The Hall–Kier alpha value is -0.801. The van der Waals surface area contributed by atoms with Gasteiger partial charge in [0.15, 0.2) is 0 Å². The van der Waals surface area contributed by atoms with Crippen molar-refractivity contribution in [2.45, 2.75) is 32.6 Å². The standard InChI is InChI=1S/C12H19N3OSe/c1-2-6-13-11(16)10-9-14-12(17-10)15-7-4-3-5-8-15/h9H,2-8H2,1H3,(H,13,16). The molecule has 0 bridgehead atoms. The van der Waals surface area contributed by atoms with E-state index in [0.717, 1.165) is 35.2 Å². The Kier molecular flexibility index (Phi) is 4.63. The molecule has 0 radical (unpaired) electrons. The molecule has 2 heterocycles. The molecule has 4 nitrogen and oxygen atoms in total. The second-order valence-electron chi connectivity index (χ2n) is 4.31. The molecule has 5 heteroatoms. The van der Waals surface area contributed by atoms with Crippen LogP contribution in [0.4, 0.5) is 4.69 Å². The van der Waals surface area contributed by atoms with E-state index >= 15 is 0 Å². The molecule has 0 aliphatic carbocycles. The minimum atomic E-state index is 0.0719. The molecular weight excluding hydrogens is 281 g/mol. The van der Waals surface area contributed by atoms with Crippen molar-refractivity contribution < 1.29 is 4.79 Å². The fourth-order valence-electron chi connectivity index (χ4n) is 1.93. The van der Waals surface area contributed by atoms with E-state index in [1.54, 1.807) is 6.20 Å². The molecule has 94 valence electrons. The van der Waals surface area contributed by atoms with Crippen LogP contribution in [0.1, 0.15) is 41.8 Å². The minimum absolute atomic E-state index is 0.0719. The summed E-state index contributed by atoms with van der Waals surface area (Å²) in [5, 5.41) is 2.91. The topological polar surface area (TPSA) is 45.2 Å². The Morgan fingerprint density at radius 3 is 2.94 bits per heavy atom. The van der Waals surface area contributed by atoms with Crippen molar-refractivity contribution in [1.29, 1.82) is 0 Å². The number of hydrogen-bond acceptors (Lipinski definition) is 3. The van der Waals surface area contributed by atoms with E-state index in [1.165, 1.54) is 19.3 Å². The molecule has 1 N–H and O–H groups in total. The van der Waals surface area contributed by atoms with Crippen LogP contribution in [-0.4, -0.2) is 45.0 Å². The zero-order valence-electron chi connectivity index (χ0n) is 10.2. The van der Waals surface area contributed by atoms with E-state index in [4.69, 9.17) is 0 Å². The average Bonchev–Trinajstić information content (AvgIpc) is 2.86. The molecule has 0 saturated carbocycles. The van der Waals surface area contributed by atoms with Crippen LogP contribution in [0.15, 0.2) is 6.20 Å². The average molecular weight is 300 g/mol. The van der Waals surface area contributed by atoms with Crippen LogP contribution in [0.5, 0.6) is 0 Å². The van der Waals surface area contributed by atoms with Gasteiger partial charge in [-0.15, -0.1) is 0 Å². The van der Waals surface area contributed by atoms with Gasteiger partial charge >= 0.3 is 108 Å². The number of carbonyl (C=O) groups excluding carboxylic acids is 1. The first-order valence-electron chi connectivity index (χ1n) is 6.30. The quantitative estimate of drug-likeness (QED) is 0.852. The van der Waals surface area contributed by atoms with Gasteiger partial charge in [-0.2, -0.15) is 0 Å². The zero-order chi connectivity index (χ0) is 12.1. The summed E-state index contributed by atoms with van der Waals surface area (Å²) in [6.45, 7) is 5.03. The van der Waals surface area contributed by atoms with Gasteiger partial charge in [0.25, 0.3) is 0 Å². The van der Waals surface area contributed by atoms with Crippen molar-refractivity contribution in [3.63, 3.8) is 0 Å². The van der Waals surface area contributed by atoms with Gasteiger partial charge in [-0.1, -0.05) is 0 Å². The predicted molar refractivity (Wildman–Crippen MR) is 69.9 cm³/mol. The third kappa shape index (κ3) is 3.33. The van der Waals surface area contributed by atoms with Gasteiger partial charge in [-0.05, 0) is 0 Å². The first-order chi connectivity index (χ1) is 8.31. The molecule has 1 saturated heterocycles. The first-order valence-corrected chi connectivity index (χ1v) is 8.01. The molecule has 2 rings (SSSR count). The van der Waals surface area contributed by atoms with Crippen LogP contribution in [-0.2, 0) is 0 Å². The molecule has 1 aromatic rings. The van der Waals surface area contributed by atoms with Crippen LogP contribution in [0.2, 0.25) is 0 Å². The molecule has 17 heavy (non-hydrogen) atoms. The molecule has 1 aliphatic rings. The van der Waals surface area contributed by atoms with Crippen molar-refractivity contribution in [3.8, 4) is 0 Å². The predicted octanol–water partition coefficient (Wildman–Crippen LogP) is 1.27. The van der Waals surface area contributed by atoms with Crippen molar-refractivity contribution >= 4 is 25.1 Å². The van der Waals surface area contributed by atoms with Gasteiger partial charge in [0.2, 0.25) is 0 Å². The summed E-state index contributed by atoms with van der Waals surface area (Å²) >= 11 is 0.106. The van der Waals surface area contributed by atoms with Gasteiger partial charge in [0.1, 0.15) is 0 Å². The summed E-state index contributed by atoms with van der Waals surface area (Å²) in [6, 6.07) is 0. The van der Waals surface area contributed by atoms with Crippen LogP contribution >= 0.6 is 0 Å². The number of aromatic nitrogens is 1. The number of anilines is 1. The maximum atomic E-state index is 11.8. The van der Waals surface area contributed by atoms with E-state index in [1.807, 2.05) is 0 Å². The van der Waals surface area contributed by atoms with Gasteiger partial charge in [-0.25, -0.2) is 0 Å². The number of nitrogens with zero attached hydrogens (tertiary/aromatic N) is 2. The molecule has 1 amide bonds. The van der Waals surface area contributed by atoms with Crippen LogP contribution < -0.4 is 10.2 Å².